The molecule has 0 aromatic carbocycles. The van der Waals surface area contributed by atoms with Gasteiger partial charge in [0, 0.05) is 13.2 Å². The Balaban J connectivity index is 3.71. The van der Waals surface area contributed by atoms with Gasteiger partial charge in [-0.3, -0.25) is 5.32 Å². The van der Waals surface area contributed by atoms with Crippen molar-refractivity contribution in [2.45, 2.75) is 180 Å². The van der Waals surface area contributed by atoms with Gasteiger partial charge in [-0.2, -0.15) is 0 Å². The fourth-order valence-electron chi connectivity index (χ4n) is 5.14. The second-order valence-corrected chi connectivity index (χ2v) is 12.6. The van der Waals surface area contributed by atoms with E-state index >= 15 is 0 Å². The molecule has 0 bridgehead atoms. The summed E-state index contributed by atoms with van der Waals surface area (Å²) in [6, 6.07) is 0. The van der Waals surface area contributed by atoms with Crippen LogP contribution in [0.1, 0.15) is 168 Å². The van der Waals surface area contributed by atoms with E-state index in [-0.39, 0.29) is 6.61 Å². The minimum atomic E-state index is -2.09. The van der Waals surface area contributed by atoms with Crippen molar-refractivity contribution >= 4 is 0 Å². The summed E-state index contributed by atoms with van der Waals surface area (Å²) in [5, 5.41) is 23.1. The molecule has 0 heterocycles. The smallest absolute Gasteiger partial charge is 0.252 e. The first kappa shape index (κ1) is 43.8. The molecule has 0 radical (unpaired) electrons. The van der Waals surface area contributed by atoms with Gasteiger partial charge in [0.25, 0.3) is 5.91 Å². The minimum absolute atomic E-state index is 0.177. The van der Waals surface area contributed by atoms with E-state index < -0.39 is 12.0 Å². The monoisotopic (exact) mass is 634 g/mol. The maximum absolute atomic E-state index is 10.3. The molecule has 1 unspecified atom stereocenters. The quantitative estimate of drug-likeness (QED) is 0.0368. The fourth-order valence-corrected chi connectivity index (χ4v) is 5.14. The van der Waals surface area contributed by atoms with Crippen LogP contribution in [0.4, 0.5) is 0 Å². The second-order valence-electron chi connectivity index (χ2n) is 12.6. The largest absolute Gasteiger partial charge is 0.378 e. The molecule has 0 aromatic rings. The Labute approximate surface area is 280 Å². The third-order valence-corrected chi connectivity index (χ3v) is 8.24. The molecular weight excluding hydrogens is 558 g/mol. The van der Waals surface area contributed by atoms with E-state index in [2.05, 4.69) is 67.8 Å². The van der Waals surface area contributed by atoms with Crippen LogP contribution in [-0.4, -0.2) is 49.1 Å². The number of ether oxygens (including phenoxy) is 2. The molecule has 1 atom stereocenters. The van der Waals surface area contributed by atoms with Crippen LogP contribution in [0.15, 0.2) is 48.6 Å². The molecule has 0 aromatic heterocycles. The van der Waals surface area contributed by atoms with Crippen LogP contribution in [-0.2, 0) is 9.47 Å². The number of hydrogen-bond acceptors (Lipinski definition) is 5. The summed E-state index contributed by atoms with van der Waals surface area (Å²) < 4.78 is 11.6. The van der Waals surface area contributed by atoms with Gasteiger partial charge >= 0.3 is 0 Å². The summed E-state index contributed by atoms with van der Waals surface area (Å²) in [5.41, 5.74) is 0. The Morgan fingerprint density at radius 1 is 0.511 bits per heavy atom. The average molecular weight is 634 g/mol. The third kappa shape index (κ3) is 32.5. The number of allylic oxidation sites excluding steroid dienone is 8. The van der Waals surface area contributed by atoms with Crippen LogP contribution in [0.5, 0.6) is 0 Å². The topological polar surface area (TPSA) is 71.0 Å². The lowest BCUT2D eigenvalue weighted by Crippen LogP contribution is -2.56. The zero-order chi connectivity index (χ0) is 32.9. The Morgan fingerprint density at radius 2 is 0.889 bits per heavy atom. The van der Waals surface area contributed by atoms with Gasteiger partial charge in [0.15, 0.2) is 0 Å². The predicted molar refractivity (Wildman–Crippen MR) is 196 cm³/mol. The minimum Gasteiger partial charge on any atom is -0.378 e. The second kappa shape index (κ2) is 35.6. The first-order chi connectivity index (χ1) is 22.1. The van der Waals surface area contributed by atoms with E-state index in [1.54, 1.807) is 0 Å². The number of nitrogens with one attached hydrogen (secondary N) is 1. The van der Waals surface area contributed by atoms with Crippen molar-refractivity contribution in [2.24, 2.45) is 0 Å². The van der Waals surface area contributed by atoms with E-state index in [9.17, 15) is 10.2 Å². The van der Waals surface area contributed by atoms with Crippen molar-refractivity contribution in [1.82, 2.24) is 5.32 Å². The zero-order valence-corrected chi connectivity index (χ0v) is 30.0. The highest BCUT2D eigenvalue weighted by Gasteiger charge is 2.34. The lowest BCUT2D eigenvalue weighted by atomic mass is 10.1. The van der Waals surface area contributed by atoms with E-state index in [0.717, 1.165) is 38.5 Å². The van der Waals surface area contributed by atoms with Crippen molar-refractivity contribution in [2.75, 3.05) is 26.9 Å². The number of likely N-dealkylation sites (N-methyl/N-ethyl adjacent to an activating group) is 1. The van der Waals surface area contributed by atoms with Crippen molar-refractivity contribution in [1.29, 1.82) is 0 Å². The maximum Gasteiger partial charge on any atom is 0.252 e. The first-order valence-electron chi connectivity index (χ1n) is 19.0. The van der Waals surface area contributed by atoms with Gasteiger partial charge in [-0.25, -0.2) is 0 Å². The van der Waals surface area contributed by atoms with Crippen LogP contribution in [0.25, 0.3) is 0 Å². The molecule has 0 saturated carbocycles. The Morgan fingerprint density at radius 3 is 1.31 bits per heavy atom. The fraction of sp³-hybridized carbons (Fsp3) is 0.800. The third-order valence-electron chi connectivity index (χ3n) is 8.24. The molecule has 0 saturated heterocycles. The predicted octanol–water partition coefficient (Wildman–Crippen LogP) is 10.9. The van der Waals surface area contributed by atoms with Crippen LogP contribution in [0.3, 0.4) is 0 Å². The average Bonchev–Trinajstić information content (AvgIpc) is 3.04. The molecule has 0 rings (SSSR count). The van der Waals surface area contributed by atoms with Crippen molar-refractivity contribution in [3.8, 4) is 0 Å². The van der Waals surface area contributed by atoms with E-state index in [0.29, 0.717) is 13.2 Å². The highest BCUT2D eigenvalue weighted by atomic mass is 16.6. The van der Waals surface area contributed by atoms with E-state index in [1.165, 1.54) is 123 Å². The summed E-state index contributed by atoms with van der Waals surface area (Å²) in [6.07, 6.45) is 46.6. The van der Waals surface area contributed by atoms with E-state index in [1.807, 2.05) is 0 Å². The lowest BCUT2D eigenvalue weighted by molar-refractivity contribution is -0.264. The van der Waals surface area contributed by atoms with Gasteiger partial charge in [-0.1, -0.05) is 140 Å². The first-order valence-corrected chi connectivity index (χ1v) is 19.0. The van der Waals surface area contributed by atoms with Crippen molar-refractivity contribution < 1.29 is 19.7 Å². The normalized spacial score (nSPS) is 13.4. The molecule has 0 aliphatic rings. The van der Waals surface area contributed by atoms with Crippen LogP contribution in [0.2, 0.25) is 0 Å². The molecule has 264 valence electrons. The number of unbranched alkanes of at least 4 members (excludes halogenated alkanes) is 18. The zero-order valence-electron chi connectivity index (χ0n) is 30.0. The van der Waals surface area contributed by atoms with Crippen molar-refractivity contribution in [3.63, 3.8) is 0 Å². The molecule has 45 heavy (non-hydrogen) atoms. The maximum atomic E-state index is 10.3. The van der Waals surface area contributed by atoms with Gasteiger partial charge in [0.1, 0.15) is 6.10 Å². The molecule has 0 amide bonds. The number of aliphatic hydroxyl groups is 2. The summed E-state index contributed by atoms with van der Waals surface area (Å²) in [6.45, 7) is 5.81. The molecular formula is C40H75NO4. The van der Waals surface area contributed by atoms with Gasteiger partial charge < -0.3 is 19.7 Å². The van der Waals surface area contributed by atoms with Crippen LogP contribution >= 0.6 is 0 Å². The Bertz CT molecular complexity index is 700. The van der Waals surface area contributed by atoms with Crippen LogP contribution in [0, 0.1) is 0 Å². The Kier molecular flexibility index (Phi) is 34.6. The molecule has 5 heteroatoms. The molecule has 0 spiro atoms. The number of rotatable bonds is 35. The summed E-state index contributed by atoms with van der Waals surface area (Å²) >= 11 is 0. The molecule has 0 fully saturated rings. The molecule has 3 N–H and O–H groups in total. The molecule has 0 aliphatic heterocycles. The summed E-state index contributed by atoms with van der Waals surface area (Å²) in [7, 11) is 1.53. The van der Waals surface area contributed by atoms with E-state index in [4.69, 9.17) is 9.47 Å². The lowest BCUT2D eigenvalue weighted by Gasteiger charge is -2.30. The summed E-state index contributed by atoms with van der Waals surface area (Å²) in [5.74, 6) is -2.09. The number of hydrogen-bond donors (Lipinski definition) is 3. The SMILES string of the molecule is CCCCC/C=C\C/C=C\CCCCCCCCOCC(OCCCCCCCC/C=C\C/C=C\CCCCC)C(O)(O)NC. The van der Waals surface area contributed by atoms with Crippen molar-refractivity contribution in [3.05, 3.63) is 48.6 Å². The molecule has 5 nitrogen and oxygen atoms in total. The highest BCUT2D eigenvalue weighted by molar-refractivity contribution is 4.93. The standard InChI is InChI=1S/C40H75NO4/c1-4-6-8-10-12-14-16-18-20-22-24-26-28-30-32-34-36-44-38-39(40(42,43)41-3)45-37-35-33-31-29-27-25-23-21-19-17-15-13-11-9-7-5-2/h12-15,18-21,39,41-43H,4-11,16-17,22-38H2,1-3H3/b14-12-,15-13-,20-18-,21-19-. The van der Waals surface area contributed by atoms with Gasteiger partial charge in [-0.05, 0) is 84.1 Å². The van der Waals surface area contributed by atoms with Gasteiger partial charge in [0.05, 0.1) is 6.61 Å². The van der Waals surface area contributed by atoms with Gasteiger partial charge in [0.2, 0.25) is 0 Å². The summed E-state index contributed by atoms with van der Waals surface area (Å²) in [4.78, 5) is 0. The molecule has 0 aliphatic carbocycles. The van der Waals surface area contributed by atoms with Gasteiger partial charge in [-0.15, -0.1) is 0 Å². The highest BCUT2D eigenvalue weighted by Crippen LogP contribution is 2.13. The Hall–Kier alpha value is -1.24. The van der Waals surface area contributed by atoms with Crippen LogP contribution < -0.4 is 5.32 Å².